The van der Waals surface area contributed by atoms with E-state index in [1.165, 1.54) is 0 Å². The summed E-state index contributed by atoms with van der Waals surface area (Å²) < 4.78 is 23.5. The van der Waals surface area contributed by atoms with Crippen LogP contribution in [0.3, 0.4) is 0 Å². The number of halogens is 2. The van der Waals surface area contributed by atoms with Crippen LogP contribution < -0.4 is 0 Å². The summed E-state index contributed by atoms with van der Waals surface area (Å²) in [5.41, 5.74) is 0. The van der Waals surface area contributed by atoms with E-state index < -0.39 is 24.7 Å². The van der Waals surface area contributed by atoms with Gasteiger partial charge in [-0.25, -0.2) is 4.39 Å². The van der Waals surface area contributed by atoms with Crippen LogP contribution in [0.15, 0.2) is 0 Å². The Morgan fingerprint density at radius 1 is 1.78 bits per heavy atom. The van der Waals surface area contributed by atoms with Crippen molar-refractivity contribution in [3.8, 4) is 0 Å². The number of carbonyl (C=O) groups is 1. The smallest absolute Gasteiger partial charge is 0.312 e. The Morgan fingerprint density at radius 2 is 2.22 bits per heavy atom. The molecule has 2 nitrogen and oxygen atoms in total. The average molecular weight is 138 g/mol. The van der Waals surface area contributed by atoms with E-state index in [9.17, 15) is 13.6 Å². The number of carboxylic acid groups (broad SMARTS) is 1. The fourth-order valence-corrected chi connectivity index (χ4v) is 0.385. The van der Waals surface area contributed by atoms with E-state index >= 15 is 0 Å². The zero-order valence-electron chi connectivity index (χ0n) is 4.97. The highest BCUT2D eigenvalue weighted by Gasteiger charge is 2.23. The van der Waals surface area contributed by atoms with Crippen LogP contribution >= 0.6 is 0 Å². The molecule has 0 aliphatic heterocycles. The monoisotopic (exact) mass is 138 g/mol. The summed E-state index contributed by atoms with van der Waals surface area (Å²) in [4.78, 5) is 9.89. The molecular weight excluding hydrogens is 130 g/mol. The SMILES string of the molecule is CC(F)C(CF)C(=O)O. The number of rotatable bonds is 3. The van der Waals surface area contributed by atoms with Crippen molar-refractivity contribution in [2.45, 2.75) is 13.1 Å². The van der Waals surface area contributed by atoms with Crippen molar-refractivity contribution in [3.05, 3.63) is 0 Å². The van der Waals surface area contributed by atoms with Crippen molar-refractivity contribution in [1.29, 1.82) is 0 Å². The number of carboxylic acids is 1. The van der Waals surface area contributed by atoms with Crippen LogP contribution in [-0.4, -0.2) is 23.9 Å². The summed E-state index contributed by atoms with van der Waals surface area (Å²) >= 11 is 0. The summed E-state index contributed by atoms with van der Waals surface area (Å²) in [6.45, 7) is -0.120. The molecule has 9 heavy (non-hydrogen) atoms. The summed E-state index contributed by atoms with van der Waals surface area (Å²) in [5, 5.41) is 8.06. The van der Waals surface area contributed by atoms with Crippen molar-refractivity contribution in [2.24, 2.45) is 5.92 Å². The van der Waals surface area contributed by atoms with E-state index in [0.29, 0.717) is 0 Å². The molecule has 0 aliphatic rings. The molecule has 0 spiro atoms. The Bertz CT molecular complexity index is 103. The maximum Gasteiger partial charge on any atom is 0.312 e. The molecule has 0 fully saturated rings. The first kappa shape index (κ1) is 8.33. The summed E-state index contributed by atoms with van der Waals surface area (Å²) in [6, 6.07) is 0. The second-order valence-corrected chi connectivity index (χ2v) is 1.78. The third-order valence-corrected chi connectivity index (χ3v) is 1.04. The lowest BCUT2D eigenvalue weighted by Crippen LogP contribution is -2.24. The van der Waals surface area contributed by atoms with Crippen molar-refractivity contribution >= 4 is 5.97 Å². The highest BCUT2D eigenvalue weighted by Crippen LogP contribution is 2.07. The number of hydrogen-bond donors (Lipinski definition) is 1. The maximum absolute atomic E-state index is 12.0. The Kier molecular flexibility index (Phi) is 3.12. The van der Waals surface area contributed by atoms with Crippen molar-refractivity contribution < 1.29 is 18.7 Å². The van der Waals surface area contributed by atoms with E-state index in [4.69, 9.17) is 5.11 Å². The molecule has 0 radical (unpaired) electrons. The highest BCUT2D eigenvalue weighted by molar-refractivity contribution is 5.70. The van der Waals surface area contributed by atoms with Gasteiger partial charge in [0.2, 0.25) is 0 Å². The average Bonchev–Trinajstić information content (AvgIpc) is 1.64. The van der Waals surface area contributed by atoms with Gasteiger partial charge in [0.05, 0.1) is 0 Å². The van der Waals surface area contributed by atoms with E-state index in [-0.39, 0.29) is 0 Å². The summed E-state index contributed by atoms with van der Waals surface area (Å²) in [6.07, 6.45) is -1.62. The van der Waals surface area contributed by atoms with Gasteiger partial charge in [-0.3, -0.25) is 9.18 Å². The van der Waals surface area contributed by atoms with Gasteiger partial charge in [0, 0.05) is 0 Å². The Morgan fingerprint density at radius 3 is 2.22 bits per heavy atom. The lowest BCUT2D eigenvalue weighted by molar-refractivity contribution is -0.144. The lowest BCUT2D eigenvalue weighted by atomic mass is 10.1. The quantitative estimate of drug-likeness (QED) is 0.632. The normalized spacial score (nSPS) is 16.8. The van der Waals surface area contributed by atoms with E-state index in [2.05, 4.69) is 0 Å². The minimum absolute atomic E-state index is 1.03. The zero-order valence-corrected chi connectivity index (χ0v) is 4.97. The van der Waals surface area contributed by atoms with Gasteiger partial charge >= 0.3 is 5.97 Å². The van der Waals surface area contributed by atoms with Gasteiger partial charge in [0.15, 0.2) is 0 Å². The molecule has 0 saturated carbocycles. The predicted molar refractivity (Wildman–Crippen MR) is 27.7 cm³/mol. The van der Waals surface area contributed by atoms with Gasteiger partial charge in [-0.05, 0) is 6.92 Å². The van der Waals surface area contributed by atoms with Crippen LogP contribution in [0.5, 0.6) is 0 Å². The number of aliphatic carboxylic acids is 1. The van der Waals surface area contributed by atoms with Crippen LogP contribution in [0.4, 0.5) is 8.78 Å². The molecule has 0 bridgehead atoms. The molecule has 0 aromatic rings. The molecule has 0 aromatic carbocycles. The van der Waals surface area contributed by atoms with Crippen molar-refractivity contribution in [2.75, 3.05) is 6.67 Å². The van der Waals surface area contributed by atoms with E-state index in [1.54, 1.807) is 0 Å². The first-order valence-electron chi connectivity index (χ1n) is 2.52. The van der Waals surface area contributed by atoms with Crippen LogP contribution in [0.2, 0.25) is 0 Å². The van der Waals surface area contributed by atoms with Crippen LogP contribution in [-0.2, 0) is 4.79 Å². The molecule has 0 heterocycles. The number of hydrogen-bond acceptors (Lipinski definition) is 1. The minimum atomic E-state index is -1.62. The summed E-state index contributed by atoms with van der Waals surface area (Å²) in [7, 11) is 0. The third kappa shape index (κ3) is 2.39. The molecule has 0 saturated heterocycles. The lowest BCUT2D eigenvalue weighted by Gasteiger charge is -2.06. The molecule has 2 unspecified atom stereocenters. The molecule has 0 rings (SSSR count). The molecule has 0 amide bonds. The zero-order chi connectivity index (χ0) is 7.44. The van der Waals surface area contributed by atoms with Crippen LogP contribution in [0, 0.1) is 5.92 Å². The van der Waals surface area contributed by atoms with Gasteiger partial charge in [-0.2, -0.15) is 0 Å². The Hall–Kier alpha value is -0.670. The predicted octanol–water partition coefficient (Wildman–Crippen LogP) is 1.01. The Labute approximate surface area is 51.5 Å². The van der Waals surface area contributed by atoms with Gasteiger partial charge in [0.25, 0.3) is 0 Å². The largest absolute Gasteiger partial charge is 0.481 e. The van der Waals surface area contributed by atoms with Crippen LogP contribution in [0.1, 0.15) is 6.92 Å². The minimum Gasteiger partial charge on any atom is -0.481 e. The first-order valence-corrected chi connectivity index (χ1v) is 2.52. The van der Waals surface area contributed by atoms with Crippen molar-refractivity contribution in [3.63, 3.8) is 0 Å². The molecule has 0 aliphatic carbocycles. The molecule has 0 aromatic heterocycles. The molecular formula is C5H8F2O2. The van der Waals surface area contributed by atoms with Gasteiger partial charge < -0.3 is 5.11 Å². The molecule has 2 atom stereocenters. The fourth-order valence-electron chi connectivity index (χ4n) is 0.385. The topological polar surface area (TPSA) is 37.3 Å². The second-order valence-electron chi connectivity index (χ2n) is 1.78. The maximum atomic E-state index is 12.0. The van der Waals surface area contributed by atoms with Gasteiger partial charge in [0.1, 0.15) is 18.8 Å². The van der Waals surface area contributed by atoms with Gasteiger partial charge in [-0.15, -0.1) is 0 Å². The van der Waals surface area contributed by atoms with E-state index in [1.807, 2.05) is 0 Å². The van der Waals surface area contributed by atoms with E-state index in [0.717, 1.165) is 6.92 Å². The highest BCUT2D eigenvalue weighted by atomic mass is 19.1. The molecule has 4 heteroatoms. The van der Waals surface area contributed by atoms with Crippen LogP contribution in [0.25, 0.3) is 0 Å². The Balaban J connectivity index is 3.83. The third-order valence-electron chi connectivity index (χ3n) is 1.04. The molecule has 1 N–H and O–H groups in total. The van der Waals surface area contributed by atoms with Crippen molar-refractivity contribution in [1.82, 2.24) is 0 Å². The second kappa shape index (κ2) is 3.37. The number of alkyl halides is 2. The molecule has 54 valence electrons. The first-order chi connectivity index (χ1) is 4.09. The fraction of sp³-hybridized carbons (Fsp3) is 0.800. The summed E-state index contributed by atoms with van der Waals surface area (Å²) in [5.74, 6) is -2.92. The van der Waals surface area contributed by atoms with Gasteiger partial charge in [-0.1, -0.05) is 0 Å². The standard InChI is InChI=1S/C5H8F2O2/c1-3(7)4(2-6)5(8)9/h3-4H,2H2,1H3,(H,8,9).